The minimum absolute atomic E-state index is 0.145. The molecular weight excluding hydrogens is 497 g/mol. The third-order valence-electron chi connectivity index (χ3n) is 4.16. The van der Waals surface area contributed by atoms with E-state index in [9.17, 15) is 9.59 Å². The van der Waals surface area contributed by atoms with Crippen molar-refractivity contribution in [1.82, 2.24) is 5.32 Å². The first-order chi connectivity index (χ1) is 14.0. The van der Waals surface area contributed by atoms with Gasteiger partial charge in [0.2, 0.25) is 0 Å². The molecule has 5 nitrogen and oxygen atoms in total. The van der Waals surface area contributed by atoms with Crippen molar-refractivity contribution in [2.75, 3.05) is 17.3 Å². The van der Waals surface area contributed by atoms with Crippen LogP contribution >= 0.6 is 34.8 Å². The van der Waals surface area contributed by atoms with Gasteiger partial charge in [0.15, 0.2) is 5.11 Å². The Morgan fingerprint density at radius 1 is 0.931 bits per heavy atom. The average Bonchev–Trinajstić information content (AvgIpc) is 2.73. The van der Waals surface area contributed by atoms with Crippen molar-refractivity contribution < 1.29 is 9.59 Å². The summed E-state index contributed by atoms with van der Waals surface area (Å²) in [6.45, 7) is 0. The highest BCUT2D eigenvalue weighted by atomic mass is 127. The minimum atomic E-state index is -0.288. The van der Waals surface area contributed by atoms with Crippen LogP contribution < -0.4 is 15.5 Å². The third kappa shape index (κ3) is 5.39. The monoisotopic (exact) mass is 515 g/mol. The number of halogens is 1. The normalized spacial score (nSPS) is 10.1. The quantitative estimate of drug-likeness (QED) is 0.391. The van der Waals surface area contributed by atoms with E-state index in [1.807, 2.05) is 42.5 Å². The highest BCUT2D eigenvalue weighted by Gasteiger charge is 2.15. The van der Waals surface area contributed by atoms with Crippen molar-refractivity contribution in [3.8, 4) is 0 Å². The van der Waals surface area contributed by atoms with Crippen molar-refractivity contribution >= 4 is 63.1 Å². The van der Waals surface area contributed by atoms with Gasteiger partial charge in [-0.3, -0.25) is 14.9 Å². The maximum absolute atomic E-state index is 12.8. The molecule has 0 aromatic heterocycles. The molecule has 2 N–H and O–H groups in total. The van der Waals surface area contributed by atoms with Crippen LogP contribution in [0, 0.1) is 3.57 Å². The summed E-state index contributed by atoms with van der Waals surface area (Å²) in [5.41, 5.74) is 2.47. The van der Waals surface area contributed by atoms with Crippen molar-refractivity contribution in [3.05, 3.63) is 93.6 Å². The van der Waals surface area contributed by atoms with Gasteiger partial charge in [-0.1, -0.05) is 36.4 Å². The van der Waals surface area contributed by atoms with Crippen LogP contribution in [0.5, 0.6) is 0 Å². The number of para-hydroxylation sites is 1. The van der Waals surface area contributed by atoms with Gasteiger partial charge in [0.25, 0.3) is 11.8 Å². The number of hydrogen-bond donors (Lipinski definition) is 2. The van der Waals surface area contributed by atoms with Crippen LogP contribution in [0.3, 0.4) is 0 Å². The first-order valence-electron chi connectivity index (χ1n) is 8.76. The van der Waals surface area contributed by atoms with Crippen molar-refractivity contribution in [2.24, 2.45) is 0 Å². The Labute approximate surface area is 188 Å². The van der Waals surface area contributed by atoms with Crippen LogP contribution in [-0.2, 0) is 0 Å². The predicted molar refractivity (Wildman–Crippen MR) is 128 cm³/mol. The standard InChI is InChI=1S/C22H18IN3O2S/c1-26(17-10-3-2-4-11-17)21(28)15-8-7-9-16(14-15)24-22(29)25-20(27)18-12-5-6-13-19(18)23/h2-14H,1H3,(H2,24,25,27,29). The lowest BCUT2D eigenvalue weighted by Gasteiger charge is -2.18. The Morgan fingerprint density at radius 2 is 1.62 bits per heavy atom. The van der Waals surface area contributed by atoms with E-state index < -0.39 is 0 Å². The van der Waals surface area contributed by atoms with Crippen LogP contribution in [-0.4, -0.2) is 24.0 Å². The summed E-state index contributed by atoms with van der Waals surface area (Å²) in [5, 5.41) is 5.79. The molecule has 7 heteroatoms. The van der Waals surface area contributed by atoms with E-state index in [1.54, 1.807) is 48.3 Å². The summed E-state index contributed by atoms with van der Waals surface area (Å²) >= 11 is 7.35. The average molecular weight is 515 g/mol. The minimum Gasteiger partial charge on any atom is -0.332 e. The molecule has 3 aromatic carbocycles. The lowest BCUT2D eigenvalue weighted by atomic mass is 10.1. The van der Waals surface area contributed by atoms with Gasteiger partial charge in [-0.15, -0.1) is 0 Å². The van der Waals surface area contributed by atoms with Crippen LogP contribution in [0.2, 0.25) is 0 Å². The topological polar surface area (TPSA) is 61.4 Å². The second kappa shape index (κ2) is 9.62. The predicted octanol–water partition coefficient (Wildman–Crippen LogP) is 4.69. The van der Waals surface area contributed by atoms with Gasteiger partial charge >= 0.3 is 0 Å². The molecule has 0 saturated heterocycles. The zero-order valence-electron chi connectivity index (χ0n) is 15.6. The molecule has 0 aliphatic heterocycles. The highest BCUT2D eigenvalue weighted by Crippen LogP contribution is 2.17. The molecule has 0 atom stereocenters. The molecule has 0 aliphatic carbocycles. The summed E-state index contributed by atoms with van der Waals surface area (Å²) in [6.07, 6.45) is 0. The third-order valence-corrected chi connectivity index (χ3v) is 5.31. The molecular formula is C22H18IN3O2S. The largest absolute Gasteiger partial charge is 0.332 e. The number of nitrogens with zero attached hydrogens (tertiary/aromatic N) is 1. The Morgan fingerprint density at radius 3 is 2.34 bits per heavy atom. The Hall–Kier alpha value is -2.78. The molecule has 0 unspecified atom stereocenters. The van der Waals surface area contributed by atoms with Gasteiger partial charge < -0.3 is 10.2 Å². The number of nitrogens with one attached hydrogen (secondary N) is 2. The first-order valence-corrected chi connectivity index (χ1v) is 10.2. The number of thiocarbonyl (C=S) groups is 1. The van der Waals surface area contributed by atoms with Gasteiger partial charge in [0, 0.05) is 27.6 Å². The Balaban J connectivity index is 1.68. The number of benzene rings is 3. The number of amides is 2. The van der Waals surface area contributed by atoms with Gasteiger partial charge in [0.05, 0.1) is 5.56 Å². The maximum atomic E-state index is 12.8. The van der Waals surface area contributed by atoms with Crippen LogP contribution in [0.25, 0.3) is 0 Å². The summed E-state index contributed by atoms with van der Waals surface area (Å²) in [7, 11) is 1.73. The molecule has 0 spiro atoms. The number of anilines is 2. The summed E-state index contributed by atoms with van der Waals surface area (Å²) in [5.74, 6) is -0.433. The van der Waals surface area contributed by atoms with Crippen LogP contribution in [0.1, 0.15) is 20.7 Å². The fourth-order valence-corrected chi connectivity index (χ4v) is 3.51. The molecule has 3 aromatic rings. The summed E-state index contributed by atoms with van der Waals surface area (Å²) in [6, 6.07) is 23.6. The molecule has 0 saturated carbocycles. The fourth-order valence-electron chi connectivity index (χ4n) is 2.67. The van der Waals surface area contributed by atoms with Crippen molar-refractivity contribution in [3.63, 3.8) is 0 Å². The highest BCUT2D eigenvalue weighted by molar-refractivity contribution is 14.1. The van der Waals surface area contributed by atoms with E-state index >= 15 is 0 Å². The van der Waals surface area contributed by atoms with Gasteiger partial charge in [-0.2, -0.15) is 0 Å². The molecule has 0 heterocycles. The maximum Gasteiger partial charge on any atom is 0.258 e. The van der Waals surface area contributed by atoms with E-state index in [0.29, 0.717) is 16.8 Å². The Kier molecular flexibility index (Phi) is 6.95. The van der Waals surface area contributed by atoms with Crippen LogP contribution in [0.4, 0.5) is 11.4 Å². The second-order valence-electron chi connectivity index (χ2n) is 6.17. The van der Waals surface area contributed by atoms with Crippen molar-refractivity contribution in [2.45, 2.75) is 0 Å². The molecule has 146 valence electrons. The molecule has 0 bridgehead atoms. The van der Waals surface area contributed by atoms with E-state index in [0.717, 1.165) is 9.26 Å². The Bertz CT molecular complexity index is 1060. The lowest BCUT2D eigenvalue weighted by molar-refractivity contribution is 0.0973. The number of carbonyl (C=O) groups is 2. The van der Waals surface area contributed by atoms with Crippen LogP contribution in [0.15, 0.2) is 78.9 Å². The van der Waals surface area contributed by atoms with Gasteiger partial charge in [-0.05, 0) is 77.3 Å². The molecule has 0 radical (unpaired) electrons. The van der Waals surface area contributed by atoms with E-state index in [4.69, 9.17) is 12.2 Å². The zero-order chi connectivity index (χ0) is 20.8. The molecule has 0 aliphatic rings. The van der Waals surface area contributed by atoms with Gasteiger partial charge in [0.1, 0.15) is 0 Å². The van der Waals surface area contributed by atoms with E-state index in [2.05, 4.69) is 33.2 Å². The first kappa shape index (κ1) is 20.9. The van der Waals surface area contributed by atoms with E-state index in [-0.39, 0.29) is 16.9 Å². The van der Waals surface area contributed by atoms with Gasteiger partial charge in [-0.25, -0.2) is 0 Å². The summed E-state index contributed by atoms with van der Waals surface area (Å²) in [4.78, 5) is 26.7. The molecule has 3 rings (SSSR count). The number of carbonyl (C=O) groups excluding carboxylic acids is 2. The zero-order valence-corrected chi connectivity index (χ0v) is 18.5. The SMILES string of the molecule is CN(C(=O)c1cccc(NC(=S)NC(=O)c2ccccc2I)c1)c1ccccc1. The lowest BCUT2D eigenvalue weighted by Crippen LogP contribution is -2.34. The molecule has 0 fully saturated rings. The number of rotatable bonds is 4. The van der Waals surface area contributed by atoms with Crippen molar-refractivity contribution in [1.29, 1.82) is 0 Å². The summed E-state index contributed by atoms with van der Waals surface area (Å²) < 4.78 is 0.835. The smallest absolute Gasteiger partial charge is 0.258 e. The second-order valence-corrected chi connectivity index (χ2v) is 7.74. The fraction of sp³-hybridized carbons (Fsp3) is 0.0455. The van der Waals surface area contributed by atoms with E-state index in [1.165, 1.54) is 0 Å². The molecule has 2 amide bonds. The number of hydrogen-bond acceptors (Lipinski definition) is 3. The molecule has 29 heavy (non-hydrogen) atoms.